The van der Waals surface area contributed by atoms with Crippen LogP contribution < -0.4 is 0 Å². The first-order valence-electron chi connectivity index (χ1n) is 12.0. The van der Waals surface area contributed by atoms with Crippen LogP contribution in [-0.2, 0) is 14.3 Å². The Bertz CT molecular complexity index is 768. The van der Waals surface area contributed by atoms with Crippen molar-refractivity contribution in [1.29, 1.82) is 0 Å². The van der Waals surface area contributed by atoms with Crippen molar-refractivity contribution in [2.24, 2.45) is 46.8 Å². The number of hydrogen-bond acceptors (Lipinski definition) is 3. The predicted molar refractivity (Wildman–Crippen MR) is 106 cm³/mol. The summed E-state index contributed by atoms with van der Waals surface area (Å²) in [7, 11) is 0. The SMILES string of the molecule is CC[C@H]1CC2=CC(=O)CC[C@@H]2C2CC[C@@]3(CC)C(C21)[C@H]1C[C@H]1[C@@]31CCC(=O)O1. The molecule has 0 radical (unpaired) electrons. The summed E-state index contributed by atoms with van der Waals surface area (Å²) in [6.45, 7) is 4.74. The van der Waals surface area contributed by atoms with E-state index in [-0.39, 0.29) is 17.0 Å². The molecule has 28 heavy (non-hydrogen) atoms. The van der Waals surface area contributed by atoms with Gasteiger partial charge >= 0.3 is 5.97 Å². The van der Waals surface area contributed by atoms with Crippen LogP contribution in [0.4, 0.5) is 0 Å². The molecule has 0 bridgehead atoms. The van der Waals surface area contributed by atoms with Crippen molar-refractivity contribution in [2.45, 2.75) is 83.7 Å². The minimum absolute atomic E-state index is 0.0629. The Morgan fingerprint density at radius 2 is 1.96 bits per heavy atom. The molecule has 0 aromatic heterocycles. The first kappa shape index (κ1) is 17.7. The van der Waals surface area contributed by atoms with Gasteiger partial charge in [0.25, 0.3) is 0 Å². The van der Waals surface area contributed by atoms with Crippen LogP contribution >= 0.6 is 0 Å². The second-order valence-corrected chi connectivity index (χ2v) is 10.9. The van der Waals surface area contributed by atoms with Gasteiger partial charge in [0.15, 0.2) is 5.78 Å². The van der Waals surface area contributed by atoms with E-state index in [9.17, 15) is 9.59 Å². The highest BCUT2D eigenvalue weighted by Crippen LogP contribution is 2.79. The van der Waals surface area contributed by atoms with E-state index in [2.05, 4.69) is 13.8 Å². The van der Waals surface area contributed by atoms with Gasteiger partial charge in [0, 0.05) is 24.2 Å². The summed E-state index contributed by atoms with van der Waals surface area (Å²) >= 11 is 0. The zero-order valence-electron chi connectivity index (χ0n) is 17.4. The lowest BCUT2D eigenvalue weighted by atomic mass is 9.45. The fraction of sp³-hybridized carbons (Fsp3) is 0.840. The van der Waals surface area contributed by atoms with E-state index in [0.717, 1.165) is 49.4 Å². The highest BCUT2D eigenvalue weighted by Gasteiger charge is 2.79. The minimum atomic E-state index is -0.129. The van der Waals surface area contributed by atoms with Crippen LogP contribution in [0.2, 0.25) is 0 Å². The predicted octanol–water partition coefficient (Wildman–Crippen LogP) is 5.09. The molecule has 9 atom stereocenters. The molecule has 3 heteroatoms. The molecule has 0 aromatic carbocycles. The third-order valence-corrected chi connectivity index (χ3v) is 10.4. The van der Waals surface area contributed by atoms with Gasteiger partial charge in [-0.1, -0.05) is 25.8 Å². The van der Waals surface area contributed by atoms with Gasteiger partial charge in [-0.15, -0.1) is 0 Å². The number of fused-ring (bicyclic) bond motifs is 9. The zero-order chi connectivity index (χ0) is 19.3. The van der Waals surface area contributed by atoms with Gasteiger partial charge in [-0.05, 0) is 86.5 Å². The first-order chi connectivity index (χ1) is 13.5. The van der Waals surface area contributed by atoms with Gasteiger partial charge in [-0.3, -0.25) is 9.59 Å². The molecular formula is C25H34O3. The Morgan fingerprint density at radius 1 is 1.11 bits per heavy atom. The minimum Gasteiger partial charge on any atom is -0.458 e. The van der Waals surface area contributed by atoms with Gasteiger partial charge in [-0.25, -0.2) is 0 Å². The molecule has 5 fully saturated rings. The van der Waals surface area contributed by atoms with Gasteiger partial charge in [0.05, 0.1) is 0 Å². The van der Waals surface area contributed by atoms with Crippen molar-refractivity contribution in [3.63, 3.8) is 0 Å². The number of hydrogen-bond donors (Lipinski definition) is 0. The molecule has 152 valence electrons. The highest BCUT2D eigenvalue weighted by atomic mass is 16.6. The lowest BCUT2D eigenvalue weighted by Crippen LogP contribution is -2.57. The number of esters is 1. The molecule has 6 rings (SSSR count). The lowest BCUT2D eigenvalue weighted by Gasteiger charge is -2.60. The van der Waals surface area contributed by atoms with E-state index in [1.165, 1.54) is 37.7 Å². The normalized spacial score (nSPS) is 53.8. The third-order valence-electron chi connectivity index (χ3n) is 10.4. The highest BCUT2D eigenvalue weighted by molar-refractivity contribution is 5.91. The van der Waals surface area contributed by atoms with Gasteiger partial charge < -0.3 is 4.74 Å². The van der Waals surface area contributed by atoms with Crippen LogP contribution in [0.15, 0.2) is 11.6 Å². The molecule has 6 aliphatic rings. The Hall–Kier alpha value is -1.12. The largest absolute Gasteiger partial charge is 0.458 e. The molecule has 5 aliphatic carbocycles. The molecule has 1 heterocycles. The molecule has 3 nitrogen and oxygen atoms in total. The van der Waals surface area contributed by atoms with Crippen molar-refractivity contribution >= 4 is 11.8 Å². The van der Waals surface area contributed by atoms with Crippen molar-refractivity contribution in [1.82, 2.24) is 0 Å². The first-order valence-corrected chi connectivity index (χ1v) is 12.0. The monoisotopic (exact) mass is 382 g/mol. The fourth-order valence-corrected chi connectivity index (χ4v) is 9.58. The van der Waals surface area contributed by atoms with E-state index in [1.54, 1.807) is 0 Å². The van der Waals surface area contributed by atoms with E-state index in [0.29, 0.717) is 30.0 Å². The van der Waals surface area contributed by atoms with Gasteiger partial charge in [-0.2, -0.15) is 0 Å². The quantitative estimate of drug-likeness (QED) is 0.625. The summed E-state index contributed by atoms with van der Waals surface area (Å²) in [5.41, 5.74) is 1.59. The molecule has 3 unspecified atom stereocenters. The molecule has 1 saturated heterocycles. The maximum absolute atomic E-state index is 12.3. The topological polar surface area (TPSA) is 43.4 Å². The van der Waals surface area contributed by atoms with E-state index < -0.39 is 0 Å². The van der Waals surface area contributed by atoms with Crippen molar-refractivity contribution in [3.05, 3.63) is 11.6 Å². The van der Waals surface area contributed by atoms with Crippen LogP contribution in [0.3, 0.4) is 0 Å². The number of carbonyl (C=O) groups excluding carboxylic acids is 2. The average Bonchev–Trinajstić information content (AvgIpc) is 3.34. The number of carbonyl (C=O) groups is 2. The average molecular weight is 383 g/mol. The Balaban J connectivity index is 1.43. The number of allylic oxidation sites excluding steroid dienone is 1. The Labute approximate surface area is 168 Å². The standard InChI is InChI=1S/C25H34O3/c1-3-14-11-15-12-16(26)5-6-17(15)18-7-9-24(4-2)23(22(14)18)19-13-20(19)25(24)10-8-21(27)28-25/h12,14,17-20,22-23H,3-11,13H2,1-2H3/t14-,17-,18?,19-,20+,22?,23?,24-,25-/m0/s1. The van der Waals surface area contributed by atoms with Gasteiger partial charge in [0.1, 0.15) is 5.60 Å². The smallest absolute Gasteiger partial charge is 0.306 e. The second kappa shape index (κ2) is 5.73. The number of ether oxygens (including phenoxy) is 1. The molecule has 1 spiro atoms. The van der Waals surface area contributed by atoms with E-state index >= 15 is 0 Å². The summed E-state index contributed by atoms with van der Waals surface area (Å²) in [4.78, 5) is 24.3. The number of ketones is 1. The van der Waals surface area contributed by atoms with Crippen molar-refractivity contribution in [2.75, 3.05) is 0 Å². The molecular weight excluding hydrogens is 348 g/mol. The van der Waals surface area contributed by atoms with Crippen molar-refractivity contribution in [3.8, 4) is 0 Å². The zero-order valence-corrected chi connectivity index (χ0v) is 17.4. The van der Waals surface area contributed by atoms with Crippen LogP contribution in [-0.4, -0.2) is 17.4 Å². The summed E-state index contributed by atoms with van der Waals surface area (Å²) in [6, 6.07) is 0. The molecule has 4 saturated carbocycles. The summed E-state index contributed by atoms with van der Waals surface area (Å²) in [5, 5.41) is 0. The van der Waals surface area contributed by atoms with Crippen LogP contribution in [0.25, 0.3) is 0 Å². The lowest BCUT2D eigenvalue weighted by molar-refractivity contribution is -0.182. The summed E-state index contributed by atoms with van der Waals surface area (Å²) in [5.74, 6) is 5.51. The van der Waals surface area contributed by atoms with Crippen molar-refractivity contribution < 1.29 is 14.3 Å². The summed E-state index contributed by atoms with van der Waals surface area (Å²) in [6.07, 6.45) is 12.8. The maximum atomic E-state index is 12.3. The molecule has 1 aliphatic heterocycles. The van der Waals surface area contributed by atoms with Crippen LogP contribution in [0, 0.1) is 46.8 Å². The summed E-state index contributed by atoms with van der Waals surface area (Å²) < 4.78 is 6.30. The fourth-order valence-electron chi connectivity index (χ4n) is 9.58. The van der Waals surface area contributed by atoms with Crippen LogP contribution in [0.5, 0.6) is 0 Å². The number of rotatable bonds is 2. The van der Waals surface area contributed by atoms with E-state index in [1.807, 2.05) is 6.08 Å². The molecule has 0 N–H and O–H groups in total. The maximum Gasteiger partial charge on any atom is 0.306 e. The van der Waals surface area contributed by atoms with Gasteiger partial charge in [0.2, 0.25) is 0 Å². The Morgan fingerprint density at radius 3 is 2.68 bits per heavy atom. The second-order valence-electron chi connectivity index (χ2n) is 10.9. The molecule has 0 aromatic rings. The van der Waals surface area contributed by atoms with E-state index in [4.69, 9.17) is 4.74 Å². The van der Waals surface area contributed by atoms with Crippen LogP contribution in [0.1, 0.15) is 78.1 Å². The third kappa shape index (κ3) is 1.97. The molecule has 0 amide bonds. The Kier molecular flexibility index (Phi) is 3.62.